The van der Waals surface area contributed by atoms with Gasteiger partial charge in [-0.2, -0.15) is 13.2 Å². The Hall–Kier alpha value is -1.65. The summed E-state index contributed by atoms with van der Waals surface area (Å²) >= 11 is 0. The van der Waals surface area contributed by atoms with Gasteiger partial charge in [0.15, 0.2) is 0 Å². The molecule has 0 bridgehead atoms. The van der Waals surface area contributed by atoms with E-state index in [-0.39, 0.29) is 0 Å². The van der Waals surface area contributed by atoms with Crippen molar-refractivity contribution in [2.75, 3.05) is 5.73 Å². The zero-order valence-electron chi connectivity index (χ0n) is 10.7. The summed E-state index contributed by atoms with van der Waals surface area (Å²) in [5.41, 5.74) is 7.29. The summed E-state index contributed by atoms with van der Waals surface area (Å²) in [5, 5.41) is 0.671. The van der Waals surface area contributed by atoms with Crippen LogP contribution >= 0.6 is 0 Å². The Morgan fingerprint density at radius 3 is 2.39 bits per heavy atom. The maximum atomic E-state index is 12.4. The molecule has 100 valence electrons. The average molecular weight is 258 g/mol. The van der Waals surface area contributed by atoms with Crippen molar-refractivity contribution in [3.63, 3.8) is 0 Å². The number of aromatic nitrogens is 1. The summed E-state index contributed by atoms with van der Waals surface area (Å²) in [5.74, 6) is 0. The van der Waals surface area contributed by atoms with Gasteiger partial charge in [-0.15, -0.1) is 0 Å². The van der Waals surface area contributed by atoms with Gasteiger partial charge in [0.2, 0.25) is 0 Å². The van der Waals surface area contributed by atoms with Crippen LogP contribution in [0.3, 0.4) is 0 Å². The number of hydrogen-bond donors (Lipinski definition) is 1. The number of nitrogen functional groups attached to an aromatic ring is 1. The van der Waals surface area contributed by atoms with Crippen LogP contribution in [0.15, 0.2) is 24.3 Å². The van der Waals surface area contributed by atoms with Gasteiger partial charge < -0.3 is 10.3 Å². The lowest BCUT2D eigenvalue weighted by molar-refractivity contribution is -0.140. The van der Waals surface area contributed by atoms with E-state index in [1.54, 1.807) is 31.2 Å². The number of hydrogen-bond acceptors (Lipinski definition) is 1. The first-order chi connectivity index (χ1) is 8.38. The van der Waals surface area contributed by atoms with Crippen molar-refractivity contribution in [1.29, 1.82) is 0 Å². The Bertz CT molecular complexity index is 527. The molecule has 2 nitrogen and oxygen atoms in total. The molecular formula is C13H17F3N2. The van der Waals surface area contributed by atoms with Crippen LogP contribution in [-0.4, -0.2) is 10.7 Å². The summed E-state index contributed by atoms with van der Waals surface area (Å²) in [6.45, 7) is 4.66. The molecular weight excluding hydrogens is 241 g/mol. The quantitative estimate of drug-likeness (QED) is 0.766. The van der Waals surface area contributed by atoms with E-state index in [0.29, 0.717) is 22.3 Å². The normalized spacial score (nSPS) is 11.2. The molecule has 2 N–H and O–H groups in total. The first-order valence-electron chi connectivity index (χ1n) is 5.79. The predicted octanol–water partition coefficient (Wildman–Crippen LogP) is 4.12. The van der Waals surface area contributed by atoms with E-state index in [1.165, 1.54) is 4.57 Å². The topological polar surface area (TPSA) is 30.9 Å². The highest BCUT2D eigenvalue weighted by atomic mass is 19.4. The Morgan fingerprint density at radius 2 is 1.83 bits per heavy atom. The molecule has 0 unspecified atom stereocenters. The van der Waals surface area contributed by atoms with Gasteiger partial charge in [-0.1, -0.05) is 19.9 Å². The van der Waals surface area contributed by atoms with E-state index in [0.717, 1.165) is 0 Å². The van der Waals surface area contributed by atoms with Crippen molar-refractivity contribution in [1.82, 2.24) is 4.57 Å². The average Bonchev–Trinajstić information content (AvgIpc) is 2.59. The van der Waals surface area contributed by atoms with E-state index >= 15 is 0 Å². The number of nitrogens with zero attached hydrogens (tertiary/aromatic N) is 1. The Kier molecular flexibility index (Phi) is 4.27. The maximum absolute atomic E-state index is 12.4. The predicted molar refractivity (Wildman–Crippen MR) is 68.5 cm³/mol. The van der Waals surface area contributed by atoms with Crippen molar-refractivity contribution >= 4 is 16.6 Å². The molecule has 1 aromatic carbocycles. The molecule has 18 heavy (non-hydrogen) atoms. The van der Waals surface area contributed by atoms with Gasteiger partial charge in [-0.05, 0) is 25.1 Å². The first-order valence-corrected chi connectivity index (χ1v) is 5.79. The van der Waals surface area contributed by atoms with Gasteiger partial charge in [-0.25, -0.2) is 0 Å². The lowest BCUT2D eigenvalue weighted by atomic mass is 10.2. The zero-order valence-corrected chi connectivity index (χ0v) is 10.7. The number of rotatable bonds is 1. The van der Waals surface area contributed by atoms with Crippen LogP contribution < -0.4 is 5.73 Å². The van der Waals surface area contributed by atoms with Crippen molar-refractivity contribution in [3.8, 4) is 0 Å². The van der Waals surface area contributed by atoms with Gasteiger partial charge in [-0.3, -0.25) is 0 Å². The van der Waals surface area contributed by atoms with E-state index < -0.39 is 12.7 Å². The zero-order chi connectivity index (χ0) is 13.9. The molecule has 0 spiro atoms. The van der Waals surface area contributed by atoms with Gasteiger partial charge in [0.1, 0.15) is 6.54 Å². The van der Waals surface area contributed by atoms with Crippen LogP contribution in [0.25, 0.3) is 10.9 Å². The Balaban J connectivity index is 0.000000771. The summed E-state index contributed by atoms with van der Waals surface area (Å²) in [6, 6.07) is 6.66. The molecule has 1 heterocycles. The number of alkyl halides is 3. The Morgan fingerprint density at radius 1 is 1.22 bits per heavy atom. The van der Waals surface area contributed by atoms with Crippen LogP contribution in [0.5, 0.6) is 0 Å². The molecule has 0 atom stereocenters. The van der Waals surface area contributed by atoms with Gasteiger partial charge in [0, 0.05) is 16.8 Å². The summed E-state index contributed by atoms with van der Waals surface area (Å²) in [4.78, 5) is 0. The highest BCUT2D eigenvalue weighted by molar-refractivity contribution is 5.92. The third-order valence-corrected chi connectivity index (χ3v) is 2.52. The van der Waals surface area contributed by atoms with Crippen molar-refractivity contribution in [2.45, 2.75) is 33.5 Å². The van der Waals surface area contributed by atoms with Crippen LogP contribution in [-0.2, 0) is 6.54 Å². The van der Waals surface area contributed by atoms with Gasteiger partial charge >= 0.3 is 6.18 Å². The first kappa shape index (κ1) is 14.4. The maximum Gasteiger partial charge on any atom is 0.406 e. The highest BCUT2D eigenvalue weighted by Crippen LogP contribution is 2.28. The number of anilines is 1. The minimum atomic E-state index is -4.22. The third kappa shape index (κ3) is 2.97. The molecule has 0 aliphatic rings. The van der Waals surface area contributed by atoms with Crippen LogP contribution in [0.4, 0.5) is 18.9 Å². The van der Waals surface area contributed by atoms with E-state index in [9.17, 15) is 13.2 Å². The largest absolute Gasteiger partial charge is 0.406 e. The number of aryl methyl sites for hydroxylation is 1. The van der Waals surface area contributed by atoms with Crippen molar-refractivity contribution < 1.29 is 13.2 Å². The summed E-state index contributed by atoms with van der Waals surface area (Å²) in [6.07, 6.45) is -4.22. The number of fused-ring (bicyclic) bond motifs is 1. The summed E-state index contributed by atoms with van der Waals surface area (Å²) in [7, 11) is 0. The third-order valence-electron chi connectivity index (χ3n) is 2.52. The lowest BCUT2D eigenvalue weighted by Gasteiger charge is -2.11. The molecule has 0 saturated carbocycles. The van der Waals surface area contributed by atoms with Gasteiger partial charge in [0.05, 0.1) is 5.52 Å². The van der Waals surface area contributed by atoms with Crippen LogP contribution in [0.2, 0.25) is 0 Å². The SMILES string of the molecule is CC.Cc1cc2c(N)cccc2n1CC(F)(F)F. The monoisotopic (exact) mass is 258 g/mol. The van der Waals surface area contributed by atoms with Crippen molar-refractivity contribution in [3.05, 3.63) is 30.0 Å². The molecule has 0 fully saturated rings. The minimum Gasteiger partial charge on any atom is -0.398 e. The molecule has 2 rings (SSSR count). The molecule has 0 saturated heterocycles. The summed E-state index contributed by atoms with van der Waals surface area (Å²) < 4.78 is 38.4. The number of benzene rings is 1. The molecule has 2 aromatic rings. The molecule has 0 radical (unpaired) electrons. The second kappa shape index (κ2) is 5.33. The fourth-order valence-electron chi connectivity index (χ4n) is 1.83. The Labute approximate surface area is 104 Å². The van der Waals surface area contributed by atoms with E-state index in [4.69, 9.17) is 5.73 Å². The molecule has 0 aliphatic heterocycles. The molecule has 0 amide bonds. The fourth-order valence-corrected chi connectivity index (χ4v) is 1.83. The molecule has 0 aliphatic carbocycles. The minimum absolute atomic E-state index is 0.501. The fraction of sp³-hybridized carbons (Fsp3) is 0.385. The molecule has 5 heteroatoms. The second-order valence-corrected chi connectivity index (χ2v) is 3.77. The smallest absolute Gasteiger partial charge is 0.398 e. The van der Waals surface area contributed by atoms with Gasteiger partial charge in [0.25, 0.3) is 0 Å². The number of halogens is 3. The second-order valence-electron chi connectivity index (χ2n) is 3.77. The van der Waals surface area contributed by atoms with Crippen LogP contribution in [0, 0.1) is 6.92 Å². The van der Waals surface area contributed by atoms with Crippen molar-refractivity contribution in [2.24, 2.45) is 0 Å². The molecule has 1 aromatic heterocycles. The number of nitrogens with two attached hydrogens (primary N) is 1. The standard InChI is InChI=1S/C11H11F3N2.C2H6/c1-7-5-8-9(15)3-2-4-10(8)16(7)6-11(12,13)14;1-2/h2-5H,6,15H2,1H3;1-2H3. The van der Waals surface area contributed by atoms with Crippen LogP contribution in [0.1, 0.15) is 19.5 Å². The lowest BCUT2D eigenvalue weighted by Crippen LogP contribution is -2.18. The highest BCUT2D eigenvalue weighted by Gasteiger charge is 2.29. The van der Waals surface area contributed by atoms with E-state index in [1.807, 2.05) is 13.8 Å². The van der Waals surface area contributed by atoms with E-state index in [2.05, 4.69) is 0 Å².